The Labute approximate surface area is 64.8 Å². The molecule has 1 atom stereocenters. The molecule has 0 amide bonds. The molecular weight excluding hydrogens is 176 g/mol. The van der Waals surface area contributed by atoms with Gasteiger partial charge in [0.15, 0.2) is 0 Å². The van der Waals surface area contributed by atoms with Crippen molar-refractivity contribution >= 4 is 15.9 Å². The molecule has 0 aliphatic heterocycles. The second-order valence-electron chi connectivity index (χ2n) is 2.22. The normalized spacial score (nSPS) is 20.0. The number of hydrogen-bond acceptors (Lipinski definition) is 0. The number of allylic oxidation sites excluding steroid dienone is 4. The predicted molar refractivity (Wildman–Crippen MR) is 44.8 cm³/mol. The van der Waals surface area contributed by atoms with E-state index in [2.05, 4.69) is 41.1 Å². The lowest BCUT2D eigenvalue weighted by molar-refractivity contribution is 0.961. The minimum Gasteiger partial charge on any atom is -0.0839 e. The lowest BCUT2D eigenvalue weighted by Gasteiger charge is -2.03. The Hall–Kier alpha value is -0.0400. The van der Waals surface area contributed by atoms with Crippen molar-refractivity contribution in [3.63, 3.8) is 0 Å². The molecule has 0 aromatic carbocycles. The van der Waals surface area contributed by atoms with Gasteiger partial charge in [0.2, 0.25) is 0 Å². The highest BCUT2D eigenvalue weighted by atomic mass is 79.9. The summed E-state index contributed by atoms with van der Waals surface area (Å²) >= 11 is 3.58. The first-order valence-electron chi connectivity index (χ1n) is 3.35. The topological polar surface area (TPSA) is 0 Å². The van der Waals surface area contributed by atoms with Gasteiger partial charge in [-0.1, -0.05) is 41.1 Å². The molecule has 1 unspecified atom stereocenters. The Morgan fingerprint density at radius 1 is 1.78 bits per heavy atom. The Morgan fingerprint density at radius 2 is 2.56 bits per heavy atom. The predicted octanol–water partition coefficient (Wildman–Crippen LogP) is 3.05. The van der Waals surface area contributed by atoms with Crippen molar-refractivity contribution < 1.29 is 0 Å². The van der Waals surface area contributed by atoms with Gasteiger partial charge in [0.05, 0.1) is 0 Å². The molecular formula is C8H11Br. The van der Waals surface area contributed by atoms with E-state index in [9.17, 15) is 0 Å². The third-order valence-corrected chi connectivity index (χ3v) is 2.70. The van der Waals surface area contributed by atoms with Gasteiger partial charge in [-0.3, -0.25) is 0 Å². The van der Waals surface area contributed by atoms with Crippen molar-refractivity contribution in [3.05, 3.63) is 23.8 Å². The molecule has 0 radical (unpaired) electrons. The van der Waals surface area contributed by atoms with Crippen LogP contribution in [-0.2, 0) is 0 Å². The summed E-state index contributed by atoms with van der Waals surface area (Å²) in [5, 5.41) is 0. The molecule has 0 saturated carbocycles. The van der Waals surface area contributed by atoms with Crippen LogP contribution in [0, 0.1) is 0 Å². The van der Waals surface area contributed by atoms with E-state index < -0.39 is 0 Å². The molecule has 0 bridgehead atoms. The van der Waals surface area contributed by atoms with Gasteiger partial charge < -0.3 is 0 Å². The largest absolute Gasteiger partial charge is 0.0839 e. The molecule has 0 heterocycles. The third-order valence-electron chi connectivity index (χ3n) is 1.52. The van der Waals surface area contributed by atoms with Crippen LogP contribution >= 0.6 is 15.9 Å². The maximum absolute atomic E-state index is 3.58. The summed E-state index contributed by atoms with van der Waals surface area (Å²) in [7, 11) is 0. The van der Waals surface area contributed by atoms with Crippen molar-refractivity contribution in [3.8, 4) is 0 Å². The first-order valence-corrected chi connectivity index (χ1v) is 4.27. The summed E-state index contributed by atoms with van der Waals surface area (Å²) in [6.07, 6.45) is 8.96. The fourth-order valence-corrected chi connectivity index (χ4v) is 1.28. The van der Waals surface area contributed by atoms with Crippen LogP contribution in [0.2, 0.25) is 0 Å². The van der Waals surface area contributed by atoms with Crippen molar-refractivity contribution in [2.24, 2.45) is 0 Å². The summed E-state index contributed by atoms with van der Waals surface area (Å²) in [6, 6.07) is 0. The fourth-order valence-electron chi connectivity index (χ4n) is 0.944. The van der Waals surface area contributed by atoms with Gasteiger partial charge in [-0.2, -0.15) is 0 Å². The Balaban J connectivity index is 2.51. The summed E-state index contributed by atoms with van der Waals surface area (Å²) in [6.45, 7) is 2.19. The average Bonchev–Trinajstić information content (AvgIpc) is 2.37. The zero-order chi connectivity index (χ0) is 6.69. The number of rotatable bonds is 2. The van der Waals surface area contributed by atoms with Crippen LogP contribution in [0.5, 0.6) is 0 Å². The van der Waals surface area contributed by atoms with Crippen LogP contribution in [0.1, 0.15) is 19.8 Å². The quantitative estimate of drug-likeness (QED) is 0.583. The van der Waals surface area contributed by atoms with E-state index in [1.807, 2.05) is 0 Å². The average molecular weight is 187 g/mol. The van der Waals surface area contributed by atoms with Gasteiger partial charge >= 0.3 is 0 Å². The maximum Gasteiger partial charge on any atom is 0.0389 e. The molecule has 0 aromatic rings. The fraction of sp³-hybridized carbons (Fsp3) is 0.500. The highest BCUT2D eigenvalue weighted by molar-refractivity contribution is 9.09. The summed E-state index contributed by atoms with van der Waals surface area (Å²) in [4.78, 5) is 0.580. The molecule has 1 aliphatic carbocycles. The van der Waals surface area contributed by atoms with Gasteiger partial charge in [0.1, 0.15) is 0 Å². The molecule has 0 saturated heterocycles. The van der Waals surface area contributed by atoms with Crippen molar-refractivity contribution in [2.75, 3.05) is 0 Å². The van der Waals surface area contributed by atoms with Crippen LogP contribution < -0.4 is 0 Å². The molecule has 50 valence electrons. The third kappa shape index (κ3) is 1.68. The Kier molecular flexibility index (Phi) is 2.52. The van der Waals surface area contributed by atoms with Crippen LogP contribution in [0.3, 0.4) is 0 Å². The van der Waals surface area contributed by atoms with E-state index in [1.165, 1.54) is 12.0 Å². The lowest BCUT2D eigenvalue weighted by Crippen LogP contribution is -1.95. The van der Waals surface area contributed by atoms with Crippen LogP contribution in [0.25, 0.3) is 0 Å². The smallest absolute Gasteiger partial charge is 0.0389 e. The SMILES string of the molecule is CCC(Br)C1=CCC=C1. The van der Waals surface area contributed by atoms with Crippen LogP contribution in [0.4, 0.5) is 0 Å². The molecule has 1 aliphatic rings. The molecule has 0 aromatic heterocycles. The molecule has 0 spiro atoms. The molecule has 0 nitrogen and oxygen atoms in total. The summed E-state index contributed by atoms with van der Waals surface area (Å²) < 4.78 is 0. The van der Waals surface area contributed by atoms with Gasteiger partial charge in [0, 0.05) is 4.83 Å². The number of alkyl halides is 1. The van der Waals surface area contributed by atoms with E-state index in [0.717, 1.165) is 6.42 Å². The van der Waals surface area contributed by atoms with Crippen molar-refractivity contribution in [1.82, 2.24) is 0 Å². The van der Waals surface area contributed by atoms with Crippen molar-refractivity contribution in [2.45, 2.75) is 24.6 Å². The first-order chi connectivity index (χ1) is 4.34. The maximum atomic E-state index is 3.58. The van der Waals surface area contributed by atoms with Gasteiger partial charge in [-0.25, -0.2) is 0 Å². The van der Waals surface area contributed by atoms with E-state index in [1.54, 1.807) is 0 Å². The van der Waals surface area contributed by atoms with Crippen molar-refractivity contribution in [1.29, 1.82) is 0 Å². The zero-order valence-electron chi connectivity index (χ0n) is 5.60. The second-order valence-corrected chi connectivity index (χ2v) is 3.32. The zero-order valence-corrected chi connectivity index (χ0v) is 7.19. The van der Waals surface area contributed by atoms with E-state index in [-0.39, 0.29) is 0 Å². The first kappa shape index (κ1) is 7.07. The minimum absolute atomic E-state index is 0.580. The molecule has 1 heteroatoms. The van der Waals surface area contributed by atoms with E-state index in [4.69, 9.17) is 0 Å². The number of halogens is 1. The standard InChI is InChI=1S/C8H11Br/c1-2-8(9)7-5-3-4-6-7/h3,5-6,8H,2,4H2,1H3. The highest BCUT2D eigenvalue weighted by Crippen LogP contribution is 2.21. The molecule has 0 N–H and O–H groups in total. The number of hydrogen-bond donors (Lipinski definition) is 0. The Bertz CT molecular complexity index is 145. The second kappa shape index (κ2) is 3.21. The van der Waals surface area contributed by atoms with Crippen LogP contribution in [0.15, 0.2) is 23.8 Å². The molecule has 1 rings (SSSR count). The molecule has 9 heavy (non-hydrogen) atoms. The van der Waals surface area contributed by atoms with Gasteiger partial charge in [0.25, 0.3) is 0 Å². The van der Waals surface area contributed by atoms with E-state index >= 15 is 0 Å². The van der Waals surface area contributed by atoms with E-state index in [0.29, 0.717) is 4.83 Å². The summed E-state index contributed by atoms with van der Waals surface area (Å²) in [5.41, 5.74) is 1.44. The van der Waals surface area contributed by atoms with Gasteiger partial charge in [-0.15, -0.1) is 0 Å². The minimum atomic E-state index is 0.580. The van der Waals surface area contributed by atoms with Crippen LogP contribution in [-0.4, -0.2) is 4.83 Å². The lowest BCUT2D eigenvalue weighted by atomic mass is 10.2. The monoisotopic (exact) mass is 186 g/mol. The summed E-state index contributed by atoms with van der Waals surface area (Å²) in [5.74, 6) is 0. The van der Waals surface area contributed by atoms with Gasteiger partial charge in [-0.05, 0) is 18.4 Å². The molecule has 0 fully saturated rings. The highest BCUT2D eigenvalue weighted by Gasteiger charge is 2.06. The Morgan fingerprint density at radius 3 is 3.00 bits per heavy atom.